The first-order chi connectivity index (χ1) is 10.0. The fourth-order valence-corrected chi connectivity index (χ4v) is 2.31. The molecule has 0 atom stereocenters. The predicted octanol–water partition coefficient (Wildman–Crippen LogP) is 0.815. The van der Waals surface area contributed by atoms with Crippen molar-refractivity contribution in [3.05, 3.63) is 29.7 Å². The zero-order valence-electron chi connectivity index (χ0n) is 12.0. The molecule has 1 amide bonds. The summed E-state index contributed by atoms with van der Waals surface area (Å²) in [5.41, 5.74) is 2.70. The van der Waals surface area contributed by atoms with Gasteiger partial charge in [0.15, 0.2) is 11.5 Å². The summed E-state index contributed by atoms with van der Waals surface area (Å²) < 4.78 is 3.12. The molecule has 0 aliphatic heterocycles. The summed E-state index contributed by atoms with van der Waals surface area (Å²) in [6.45, 7) is 4.00. The molecule has 0 aliphatic carbocycles. The average molecular weight is 285 g/mol. The van der Waals surface area contributed by atoms with Gasteiger partial charge in [0.1, 0.15) is 6.54 Å². The second-order valence-corrected chi connectivity index (χ2v) is 4.90. The fourth-order valence-electron chi connectivity index (χ4n) is 2.31. The minimum Gasteiger partial charge on any atom is -0.307 e. The molecule has 0 saturated carbocycles. The number of pyridine rings is 1. The number of aromatic nitrogens is 6. The zero-order chi connectivity index (χ0) is 15.0. The number of hydrogen-bond acceptors (Lipinski definition) is 5. The molecule has 8 heteroatoms. The molecule has 0 fully saturated rings. The number of carbonyl (C=O) groups excluding carboxylic acids is 1. The van der Waals surface area contributed by atoms with Gasteiger partial charge in [0, 0.05) is 18.9 Å². The number of carbonyl (C=O) groups is 1. The highest BCUT2D eigenvalue weighted by Gasteiger charge is 2.15. The van der Waals surface area contributed by atoms with E-state index in [0.29, 0.717) is 5.82 Å². The number of fused-ring (bicyclic) bond motifs is 1. The third kappa shape index (κ3) is 2.47. The van der Waals surface area contributed by atoms with E-state index in [4.69, 9.17) is 0 Å². The molecule has 3 aromatic heterocycles. The van der Waals surface area contributed by atoms with Gasteiger partial charge >= 0.3 is 0 Å². The molecule has 0 spiro atoms. The van der Waals surface area contributed by atoms with Gasteiger partial charge in [-0.25, -0.2) is 14.3 Å². The van der Waals surface area contributed by atoms with E-state index in [-0.39, 0.29) is 12.5 Å². The van der Waals surface area contributed by atoms with Crippen molar-refractivity contribution in [1.82, 2.24) is 29.8 Å². The van der Waals surface area contributed by atoms with E-state index >= 15 is 0 Å². The van der Waals surface area contributed by atoms with Crippen LogP contribution in [0.25, 0.3) is 11.0 Å². The monoisotopic (exact) mass is 285 g/mol. The van der Waals surface area contributed by atoms with Gasteiger partial charge in [-0.15, -0.1) is 5.10 Å². The predicted molar refractivity (Wildman–Crippen MR) is 76.6 cm³/mol. The maximum absolute atomic E-state index is 12.0. The van der Waals surface area contributed by atoms with Crippen LogP contribution in [0.2, 0.25) is 0 Å². The molecule has 0 aromatic carbocycles. The standard InChI is InChI=1S/C13H15N7O/c1-8-6-9(2)15-13-11(8)12(17-19(13)3)16-10(21)7-20-5-4-14-18-20/h4-6H,7H2,1-3H3,(H,16,17,21). The van der Waals surface area contributed by atoms with Gasteiger partial charge in [0.2, 0.25) is 5.91 Å². The van der Waals surface area contributed by atoms with Crippen molar-refractivity contribution in [2.75, 3.05) is 5.32 Å². The van der Waals surface area contributed by atoms with E-state index in [9.17, 15) is 4.79 Å². The second-order valence-electron chi connectivity index (χ2n) is 4.90. The van der Waals surface area contributed by atoms with Gasteiger partial charge in [0.05, 0.1) is 11.6 Å². The Morgan fingerprint density at radius 1 is 1.38 bits per heavy atom. The molecule has 3 aromatic rings. The maximum atomic E-state index is 12.0. The summed E-state index contributed by atoms with van der Waals surface area (Å²) in [4.78, 5) is 16.5. The van der Waals surface area contributed by atoms with Crippen LogP contribution in [0.3, 0.4) is 0 Å². The number of nitrogens with one attached hydrogen (secondary N) is 1. The molecule has 0 unspecified atom stereocenters. The first-order valence-electron chi connectivity index (χ1n) is 6.49. The molecule has 108 valence electrons. The van der Waals surface area contributed by atoms with E-state index in [1.165, 1.54) is 10.9 Å². The Morgan fingerprint density at radius 3 is 2.90 bits per heavy atom. The largest absolute Gasteiger partial charge is 0.307 e. The first-order valence-corrected chi connectivity index (χ1v) is 6.49. The Balaban J connectivity index is 1.92. The van der Waals surface area contributed by atoms with Gasteiger partial charge in [-0.1, -0.05) is 5.21 Å². The lowest BCUT2D eigenvalue weighted by Gasteiger charge is -2.04. The van der Waals surface area contributed by atoms with E-state index < -0.39 is 0 Å². The topological polar surface area (TPSA) is 90.5 Å². The number of rotatable bonds is 3. The quantitative estimate of drug-likeness (QED) is 0.769. The van der Waals surface area contributed by atoms with Crippen LogP contribution in [0.5, 0.6) is 0 Å². The van der Waals surface area contributed by atoms with Crippen LogP contribution in [-0.2, 0) is 18.4 Å². The smallest absolute Gasteiger partial charge is 0.247 e. The Labute approximate surface area is 120 Å². The Kier molecular flexibility index (Phi) is 3.13. The van der Waals surface area contributed by atoms with Crippen LogP contribution in [0.15, 0.2) is 18.5 Å². The third-order valence-corrected chi connectivity index (χ3v) is 3.15. The van der Waals surface area contributed by atoms with Gasteiger partial charge < -0.3 is 5.32 Å². The molecular formula is C13H15N7O. The van der Waals surface area contributed by atoms with E-state index in [0.717, 1.165) is 22.3 Å². The lowest BCUT2D eigenvalue weighted by atomic mass is 10.2. The SMILES string of the molecule is Cc1cc(C)c2c(NC(=O)Cn3ccnn3)nn(C)c2n1. The van der Waals surface area contributed by atoms with Crippen LogP contribution >= 0.6 is 0 Å². The highest BCUT2D eigenvalue weighted by Crippen LogP contribution is 2.25. The molecule has 0 radical (unpaired) electrons. The van der Waals surface area contributed by atoms with Crippen molar-refractivity contribution in [2.45, 2.75) is 20.4 Å². The molecule has 0 saturated heterocycles. The molecule has 1 N–H and O–H groups in total. The molecule has 0 aliphatic rings. The number of anilines is 1. The fraction of sp³-hybridized carbons (Fsp3) is 0.308. The summed E-state index contributed by atoms with van der Waals surface area (Å²) in [5, 5.41) is 15.4. The van der Waals surface area contributed by atoms with Crippen LogP contribution < -0.4 is 5.32 Å². The number of aryl methyl sites for hydroxylation is 3. The molecule has 0 bridgehead atoms. The Hall–Kier alpha value is -2.77. The van der Waals surface area contributed by atoms with Gasteiger partial charge in [-0.2, -0.15) is 5.10 Å². The summed E-state index contributed by atoms with van der Waals surface area (Å²) in [7, 11) is 1.81. The molecular weight excluding hydrogens is 270 g/mol. The summed E-state index contributed by atoms with van der Waals surface area (Å²) in [6.07, 6.45) is 3.16. The number of amides is 1. The van der Waals surface area contributed by atoms with Crippen LogP contribution in [-0.4, -0.2) is 35.7 Å². The average Bonchev–Trinajstić information content (AvgIpc) is 2.99. The van der Waals surface area contributed by atoms with Crippen molar-refractivity contribution in [3.63, 3.8) is 0 Å². The van der Waals surface area contributed by atoms with Crippen molar-refractivity contribution in [2.24, 2.45) is 7.05 Å². The van der Waals surface area contributed by atoms with Gasteiger partial charge in [0.25, 0.3) is 0 Å². The molecule has 21 heavy (non-hydrogen) atoms. The highest BCUT2D eigenvalue weighted by atomic mass is 16.2. The van der Waals surface area contributed by atoms with Crippen LogP contribution in [0.1, 0.15) is 11.3 Å². The zero-order valence-corrected chi connectivity index (χ0v) is 12.0. The normalized spacial score (nSPS) is 11.0. The number of hydrogen-bond donors (Lipinski definition) is 1. The van der Waals surface area contributed by atoms with Gasteiger partial charge in [-0.05, 0) is 25.5 Å². The van der Waals surface area contributed by atoms with Crippen molar-refractivity contribution >= 4 is 22.8 Å². The van der Waals surface area contributed by atoms with E-state index in [1.807, 2.05) is 19.9 Å². The Morgan fingerprint density at radius 2 is 2.19 bits per heavy atom. The second kappa shape index (κ2) is 4.97. The molecule has 8 nitrogen and oxygen atoms in total. The molecule has 3 heterocycles. The van der Waals surface area contributed by atoms with Crippen molar-refractivity contribution < 1.29 is 4.79 Å². The summed E-state index contributed by atoms with van der Waals surface area (Å²) in [6, 6.07) is 1.97. The van der Waals surface area contributed by atoms with E-state index in [1.54, 1.807) is 17.9 Å². The van der Waals surface area contributed by atoms with Gasteiger partial charge in [-0.3, -0.25) is 4.79 Å². The van der Waals surface area contributed by atoms with Crippen molar-refractivity contribution in [1.29, 1.82) is 0 Å². The highest BCUT2D eigenvalue weighted by molar-refractivity contribution is 6.00. The minimum atomic E-state index is -0.208. The third-order valence-electron chi connectivity index (χ3n) is 3.15. The summed E-state index contributed by atoms with van der Waals surface area (Å²) >= 11 is 0. The van der Waals surface area contributed by atoms with E-state index in [2.05, 4.69) is 25.7 Å². The van der Waals surface area contributed by atoms with Crippen LogP contribution in [0, 0.1) is 13.8 Å². The Bertz CT molecular complexity index is 804. The first kappa shape index (κ1) is 13.2. The number of nitrogens with zero attached hydrogens (tertiary/aromatic N) is 6. The minimum absolute atomic E-state index is 0.0937. The van der Waals surface area contributed by atoms with Crippen molar-refractivity contribution in [3.8, 4) is 0 Å². The van der Waals surface area contributed by atoms with Crippen LogP contribution in [0.4, 0.5) is 5.82 Å². The lowest BCUT2D eigenvalue weighted by molar-refractivity contribution is -0.116. The summed E-state index contributed by atoms with van der Waals surface area (Å²) in [5.74, 6) is 0.308. The molecule has 3 rings (SSSR count). The maximum Gasteiger partial charge on any atom is 0.247 e. The lowest BCUT2D eigenvalue weighted by Crippen LogP contribution is -2.19.